The van der Waals surface area contributed by atoms with Gasteiger partial charge in [-0.15, -0.1) is 0 Å². The van der Waals surface area contributed by atoms with Crippen LogP contribution in [0.2, 0.25) is 0 Å². The summed E-state index contributed by atoms with van der Waals surface area (Å²) < 4.78 is 0. The molecule has 0 bridgehead atoms. The van der Waals surface area contributed by atoms with E-state index in [1.807, 2.05) is 4.90 Å². The minimum Gasteiger partial charge on any atom is -0.481 e. The largest absolute Gasteiger partial charge is 0.481 e. The number of carbonyl (C=O) groups excluding carboxylic acids is 2. The maximum Gasteiger partial charge on any atom is 0.303 e. The van der Waals surface area contributed by atoms with Gasteiger partial charge in [0, 0.05) is 37.9 Å². The molecule has 2 amide bonds. The predicted octanol–water partition coefficient (Wildman–Crippen LogP) is 1.79. The standard InChI is InChI=1S/C17H28N2O4/c20-15(21)9-3-4-10-18-16(22)13-7-1-2-8-14(13)17(23)19-11-5-6-12-19/h13-14H,1-12H2,(H,18,22)(H,20,21). The zero-order valence-corrected chi connectivity index (χ0v) is 13.8. The van der Waals surface area contributed by atoms with Crippen molar-refractivity contribution in [3.8, 4) is 0 Å². The minimum atomic E-state index is -0.806. The van der Waals surface area contributed by atoms with Gasteiger partial charge in [-0.05, 0) is 38.5 Å². The summed E-state index contributed by atoms with van der Waals surface area (Å²) in [4.78, 5) is 37.5. The van der Waals surface area contributed by atoms with E-state index in [1.165, 1.54) is 0 Å². The molecule has 0 radical (unpaired) electrons. The van der Waals surface area contributed by atoms with Crippen LogP contribution in [-0.2, 0) is 14.4 Å². The fourth-order valence-corrected chi connectivity index (χ4v) is 3.66. The molecule has 0 spiro atoms. The first-order valence-corrected chi connectivity index (χ1v) is 8.88. The fraction of sp³-hybridized carbons (Fsp3) is 0.824. The SMILES string of the molecule is O=C(O)CCCCNC(=O)C1CCCCC1C(=O)N1CCCC1. The lowest BCUT2D eigenvalue weighted by Crippen LogP contribution is -2.44. The molecule has 2 unspecified atom stereocenters. The van der Waals surface area contributed by atoms with Crippen LogP contribution in [0.25, 0.3) is 0 Å². The third-order valence-electron chi connectivity index (χ3n) is 4.95. The van der Waals surface area contributed by atoms with Gasteiger partial charge in [-0.3, -0.25) is 14.4 Å². The van der Waals surface area contributed by atoms with Crippen LogP contribution >= 0.6 is 0 Å². The van der Waals surface area contributed by atoms with Crippen LogP contribution in [0.15, 0.2) is 0 Å². The number of hydrogen-bond acceptors (Lipinski definition) is 3. The molecule has 0 aromatic rings. The molecule has 2 fully saturated rings. The first kappa shape index (κ1) is 17.8. The summed E-state index contributed by atoms with van der Waals surface area (Å²) in [6, 6.07) is 0. The molecule has 1 heterocycles. The van der Waals surface area contributed by atoms with Crippen LogP contribution < -0.4 is 5.32 Å². The number of carboxylic acids is 1. The van der Waals surface area contributed by atoms with E-state index in [2.05, 4.69) is 5.32 Å². The Kier molecular flexibility index (Phi) is 6.86. The molecule has 1 saturated heterocycles. The Labute approximate surface area is 137 Å². The summed E-state index contributed by atoms with van der Waals surface area (Å²) in [6.07, 6.45) is 7.12. The third kappa shape index (κ3) is 5.22. The van der Waals surface area contributed by atoms with Gasteiger partial charge >= 0.3 is 5.97 Å². The summed E-state index contributed by atoms with van der Waals surface area (Å²) in [6.45, 7) is 2.16. The second kappa shape index (κ2) is 8.89. The van der Waals surface area contributed by atoms with E-state index in [-0.39, 0.29) is 30.1 Å². The number of rotatable bonds is 7. The lowest BCUT2D eigenvalue weighted by molar-refractivity contribution is -0.142. The molecular weight excluding hydrogens is 296 g/mol. The number of carbonyl (C=O) groups is 3. The van der Waals surface area contributed by atoms with Gasteiger partial charge in [0.15, 0.2) is 0 Å². The normalized spacial score (nSPS) is 24.4. The van der Waals surface area contributed by atoms with E-state index >= 15 is 0 Å². The van der Waals surface area contributed by atoms with Crippen molar-refractivity contribution >= 4 is 17.8 Å². The molecular formula is C17H28N2O4. The zero-order chi connectivity index (χ0) is 16.7. The number of hydrogen-bond donors (Lipinski definition) is 2. The van der Waals surface area contributed by atoms with Crippen LogP contribution in [0.3, 0.4) is 0 Å². The summed E-state index contributed by atoms with van der Waals surface area (Å²) >= 11 is 0. The van der Waals surface area contributed by atoms with Crippen LogP contribution in [-0.4, -0.2) is 47.4 Å². The zero-order valence-electron chi connectivity index (χ0n) is 13.8. The van der Waals surface area contributed by atoms with Crippen molar-refractivity contribution in [3.05, 3.63) is 0 Å². The Morgan fingerprint density at radius 1 is 0.957 bits per heavy atom. The van der Waals surface area contributed by atoms with Gasteiger partial charge in [-0.2, -0.15) is 0 Å². The Balaban J connectivity index is 1.81. The van der Waals surface area contributed by atoms with E-state index in [0.717, 1.165) is 51.6 Å². The molecule has 1 aliphatic carbocycles. The van der Waals surface area contributed by atoms with Gasteiger partial charge in [0.25, 0.3) is 0 Å². The highest BCUT2D eigenvalue weighted by Crippen LogP contribution is 2.32. The van der Waals surface area contributed by atoms with Crippen LogP contribution in [0.5, 0.6) is 0 Å². The number of nitrogens with zero attached hydrogens (tertiary/aromatic N) is 1. The maximum absolute atomic E-state index is 12.6. The quantitative estimate of drug-likeness (QED) is 0.699. The number of nitrogens with one attached hydrogen (secondary N) is 1. The van der Waals surface area contributed by atoms with Crippen molar-refractivity contribution in [2.75, 3.05) is 19.6 Å². The second-order valence-electron chi connectivity index (χ2n) is 6.67. The van der Waals surface area contributed by atoms with Gasteiger partial charge in [0.05, 0.1) is 0 Å². The molecule has 2 N–H and O–H groups in total. The molecule has 6 heteroatoms. The van der Waals surface area contributed by atoms with Gasteiger partial charge < -0.3 is 15.3 Å². The van der Waals surface area contributed by atoms with Crippen molar-refractivity contribution in [2.45, 2.75) is 57.8 Å². The van der Waals surface area contributed by atoms with Gasteiger partial charge in [0.1, 0.15) is 0 Å². The van der Waals surface area contributed by atoms with Crippen molar-refractivity contribution in [1.29, 1.82) is 0 Å². The molecule has 2 rings (SSSR count). The average Bonchev–Trinajstić information content (AvgIpc) is 3.08. The smallest absolute Gasteiger partial charge is 0.303 e. The number of amides is 2. The fourth-order valence-electron chi connectivity index (χ4n) is 3.66. The monoisotopic (exact) mass is 324 g/mol. The minimum absolute atomic E-state index is 0.0300. The van der Waals surface area contributed by atoms with Gasteiger partial charge in [0.2, 0.25) is 11.8 Å². The van der Waals surface area contributed by atoms with E-state index in [1.54, 1.807) is 0 Å². The Morgan fingerprint density at radius 3 is 2.26 bits per heavy atom. The summed E-state index contributed by atoms with van der Waals surface area (Å²) in [5, 5.41) is 11.5. The second-order valence-corrected chi connectivity index (χ2v) is 6.67. The summed E-state index contributed by atoms with van der Waals surface area (Å²) in [7, 11) is 0. The highest BCUT2D eigenvalue weighted by Gasteiger charge is 2.38. The summed E-state index contributed by atoms with van der Waals surface area (Å²) in [5.41, 5.74) is 0. The molecule has 2 atom stereocenters. The Morgan fingerprint density at radius 2 is 1.61 bits per heavy atom. The first-order valence-electron chi connectivity index (χ1n) is 8.88. The number of likely N-dealkylation sites (tertiary alicyclic amines) is 1. The Hall–Kier alpha value is -1.59. The Bertz CT molecular complexity index is 432. The number of aliphatic carboxylic acids is 1. The lowest BCUT2D eigenvalue weighted by atomic mass is 9.78. The van der Waals surface area contributed by atoms with Crippen LogP contribution in [0, 0.1) is 11.8 Å². The van der Waals surface area contributed by atoms with Crippen molar-refractivity contribution in [1.82, 2.24) is 10.2 Å². The third-order valence-corrected chi connectivity index (χ3v) is 4.95. The van der Waals surface area contributed by atoms with Crippen molar-refractivity contribution in [3.63, 3.8) is 0 Å². The van der Waals surface area contributed by atoms with Gasteiger partial charge in [-0.1, -0.05) is 12.8 Å². The molecule has 2 aliphatic rings. The van der Waals surface area contributed by atoms with Gasteiger partial charge in [-0.25, -0.2) is 0 Å². The van der Waals surface area contributed by atoms with E-state index in [4.69, 9.17) is 5.11 Å². The highest BCUT2D eigenvalue weighted by molar-refractivity contribution is 5.88. The molecule has 130 valence electrons. The molecule has 1 saturated carbocycles. The van der Waals surface area contributed by atoms with Crippen molar-refractivity contribution < 1.29 is 19.5 Å². The predicted molar refractivity (Wildman–Crippen MR) is 85.8 cm³/mol. The van der Waals surface area contributed by atoms with Crippen LogP contribution in [0.1, 0.15) is 57.8 Å². The molecule has 1 aliphatic heterocycles. The van der Waals surface area contributed by atoms with E-state index < -0.39 is 5.97 Å². The molecule has 0 aromatic heterocycles. The topological polar surface area (TPSA) is 86.7 Å². The highest BCUT2D eigenvalue weighted by atomic mass is 16.4. The number of unbranched alkanes of at least 4 members (excludes halogenated alkanes) is 1. The van der Waals surface area contributed by atoms with Crippen LogP contribution in [0.4, 0.5) is 0 Å². The maximum atomic E-state index is 12.6. The van der Waals surface area contributed by atoms with E-state index in [0.29, 0.717) is 19.4 Å². The molecule has 23 heavy (non-hydrogen) atoms. The molecule has 0 aromatic carbocycles. The average molecular weight is 324 g/mol. The number of carboxylic acid groups (broad SMARTS) is 1. The summed E-state index contributed by atoms with van der Waals surface area (Å²) in [5.74, 6) is -1.05. The lowest BCUT2D eigenvalue weighted by Gasteiger charge is -2.32. The first-order chi connectivity index (χ1) is 11.1. The molecule has 6 nitrogen and oxygen atoms in total. The van der Waals surface area contributed by atoms with Crippen molar-refractivity contribution in [2.24, 2.45) is 11.8 Å². The van der Waals surface area contributed by atoms with E-state index in [9.17, 15) is 14.4 Å².